The standard InChI is InChI=1S/C15H16N2O2S/c18-14-11-5-1-2-6-13(11)16-9-12(14)15(19)17-8-10-4-3-7-20-10/h3-5,7,9,13,16H,1-2,6,8H2,(H,17,19). The molecule has 1 unspecified atom stereocenters. The van der Waals surface area contributed by atoms with Crippen LogP contribution in [0.15, 0.2) is 40.9 Å². The fourth-order valence-corrected chi connectivity index (χ4v) is 3.20. The van der Waals surface area contributed by atoms with Crippen LogP contribution in [0.4, 0.5) is 0 Å². The SMILES string of the molecule is O=C(NCc1cccs1)C1=CNC2CCCC=C2C1=O. The smallest absolute Gasteiger partial charge is 0.257 e. The number of rotatable bonds is 3. The summed E-state index contributed by atoms with van der Waals surface area (Å²) in [7, 11) is 0. The summed E-state index contributed by atoms with van der Waals surface area (Å²) in [6.45, 7) is 0.462. The Bertz CT molecular complexity index is 587. The molecule has 4 nitrogen and oxygen atoms in total. The Morgan fingerprint density at radius 1 is 1.50 bits per heavy atom. The molecule has 0 radical (unpaired) electrons. The number of hydrogen-bond donors (Lipinski definition) is 2. The third-order valence-electron chi connectivity index (χ3n) is 3.62. The second kappa shape index (κ2) is 5.63. The van der Waals surface area contributed by atoms with Crippen LogP contribution in [0.3, 0.4) is 0 Å². The van der Waals surface area contributed by atoms with Crippen LogP contribution in [0.25, 0.3) is 0 Å². The zero-order valence-electron chi connectivity index (χ0n) is 11.0. The van der Waals surface area contributed by atoms with Gasteiger partial charge in [0, 0.05) is 16.7 Å². The van der Waals surface area contributed by atoms with E-state index in [-0.39, 0.29) is 23.3 Å². The molecular formula is C15H16N2O2S. The summed E-state index contributed by atoms with van der Waals surface area (Å²) in [6.07, 6.45) is 6.49. The van der Waals surface area contributed by atoms with E-state index in [9.17, 15) is 9.59 Å². The molecule has 104 valence electrons. The van der Waals surface area contributed by atoms with E-state index in [4.69, 9.17) is 0 Å². The summed E-state index contributed by atoms with van der Waals surface area (Å²) in [5.41, 5.74) is 0.964. The van der Waals surface area contributed by atoms with Crippen LogP contribution in [-0.4, -0.2) is 17.7 Å². The fraction of sp³-hybridized carbons (Fsp3) is 0.333. The fourth-order valence-electron chi connectivity index (χ4n) is 2.55. The summed E-state index contributed by atoms with van der Waals surface area (Å²) in [5.74, 6) is -0.432. The van der Waals surface area contributed by atoms with Crippen LogP contribution < -0.4 is 10.6 Å². The van der Waals surface area contributed by atoms with Gasteiger partial charge in [-0.3, -0.25) is 9.59 Å². The highest BCUT2D eigenvalue weighted by Crippen LogP contribution is 2.25. The number of ketones is 1. The third-order valence-corrected chi connectivity index (χ3v) is 4.50. The first-order valence-electron chi connectivity index (χ1n) is 6.77. The maximum absolute atomic E-state index is 12.3. The zero-order chi connectivity index (χ0) is 13.9. The van der Waals surface area contributed by atoms with Crippen molar-refractivity contribution in [1.82, 2.24) is 10.6 Å². The van der Waals surface area contributed by atoms with Gasteiger partial charge in [-0.1, -0.05) is 12.1 Å². The van der Waals surface area contributed by atoms with Gasteiger partial charge in [-0.15, -0.1) is 11.3 Å². The van der Waals surface area contributed by atoms with Crippen molar-refractivity contribution in [3.05, 3.63) is 45.8 Å². The lowest BCUT2D eigenvalue weighted by atomic mass is 9.86. The van der Waals surface area contributed by atoms with E-state index in [2.05, 4.69) is 10.6 Å². The first kappa shape index (κ1) is 13.1. The summed E-state index contributed by atoms with van der Waals surface area (Å²) < 4.78 is 0. The molecule has 20 heavy (non-hydrogen) atoms. The van der Waals surface area contributed by atoms with Crippen molar-refractivity contribution in [1.29, 1.82) is 0 Å². The highest BCUT2D eigenvalue weighted by Gasteiger charge is 2.31. The molecule has 0 saturated heterocycles. The first-order chi connectivity index (χ1) is 9.75. The largest absolute Gasteiger partial charge is 0.383 e. The van der Waals surface area contributed by atoms with Crippen LogP contribution in [0.1, 0.15) is 24.1 Å². The molecule has 0 saturated carbocycles. The van der Waals surface area contributed by atoms with Gasteiger partial charge in [0.1, 0.15) is 5.57 Å². The van der Waals surface area contributed by atoms with Gasteiger partial charge in [0.25, 0.3) is 5.91 Å². The topological polar surface area (TPSA) is 58.2 Å². The van der Waals surface area contributed by atoms with Gasteiger partial charge in [0.05, 0.1) is 12.6 Å². The quantitative estimate of drug-likeness (QED) is 0.835. The van der Waals surface area contributed by atoms with Crippen LogP contribution in [0, 0.1) is 0 Å². The van der Waals surface area contributed by atoms with E-state index >= 15 is 0 Å². The molecule has 2 aliphatic rings. The first-order valence-corrected chi connectivity index (χ1v) is 7.65. The predicted molar refractivity (Wildman–Crippen MR) is 78.1 cm³/mol. The molecule has 0 aromatic carbocycles. The summed E-state index contributed by atoms with van der Waals surface area (Å²) >= 11 is 1.58. The van der Waals surface area contributed by atoms with Gasteiger partial charge in [-0.25, -0.2) is 0 Å². The van der Waals surface area contributed by atoms with Crippen LogP contribution in [0.2, 0.25) is 0 Å². The molecule has 0 bridgehead atoms. The Hall–Kier alpha value is -1.88. The number of carbonyl (C=O) groups excluding carboxylic acids is 2. The molecule has 0 fully saturated rings. The summed E-state index contributed by atoms with van der Waals surface area (Å²) in [6, 6.07) is 3.99. The Kier molecular flexibility index (Phi) is 3.69. The molecular weight excluding hydrogens is 272 g/mol. The number of fused-ring (bicyclic) bond motifs is 1. The van der Waals surface area contributed by atoms with E-state index in [1.807, 2.05) is 23.6 Å². The van der Waals surface area contributed by atoms with Gasteiger partial charge in [-0.05, 0) is 30.7 Å². The average molecular weight is 288 g/mol. The lowest BCUT2D eigenvalue weighted by molar-refractivity contribution is -0.121. The minimum atomic E-state index is -0.305. The zero-order valence-corrected chi connectivity index (χ0v) is 11.8. The average Bonchev–Trinajstić information content (AvgIpc) is 2.99. The van der Waals surface area contributed by atoms with E-state index in [0.717, 1.165) is 29.7 Å². The number of nitrogens with one attached hydrogen (secondary N) is 2. The molecule has 2 heterocycles. The second-order valence-electron chi connectivity index (χ2n) is 4.96. The van der Waals surface area contributed by atoms with Crippen molar-refractivity contribution in [2.24, 2.45) is 0 Å². The number of allylic oxidation sites excluding steroid dienone is 1. The molecule has 2 N–H and O–H groups in total. The summed E-state index contributed by atoms with van der Waals surface area (Å²) in [4.78, 5) is 25.5. The van der Waals surface area contributed by atoms with Gasteiger partial charge < -0.3 is 10.6 Å². The minimum absolute atomic E-state index is 0.0881. The number of Topliss-reactive ketones (excluding diaryl/α,β-unsaturated/α-hetero) is 1. The molecule has 1 aromatic rings. The molecule has 5 heteroatoms. The van der Waals surface area contributed by atoms with Crippen molar-refractivity contribution in [3.63, 3.8) is 0 Å². The van der Waals surface area contributed by atoms with Crippen LogP contribution in [-0.2, 0) is 16.1 Å². The van der Waals surface area contributed by atoms with Gasteiger partial charge >= 0.3 is 0 Å². The third kappa shape index (κ3) is 2.54. The van der Waals surface area contributed by atoms with Crippen LogP contribution >= 0.6 is 11.3 Å². The lowest BCUT2D eigenvalue weighted by Crippen LogP contribution is -2.41. The van der Waals surface area contributed by atoms with E-state index < -0.39 is 0 Å². The Balaban J connectivity index is 1.69. The van der Waals surface area contributed by atoms with Crippen molar-refractivity contribution in [2.75, 3.05) is 0 Å². The normalized spacial score (nSPS) is 21.4. The van der Waals surface area contributed by atoms with Gasteiger partial charge in [0.2, 0.25) is 0 Å². The summed E-state index contributed by atoms with van der Waals surface area (Å²) in [5, 5.41) is 7.93. The highest BCUT2D eigenvalue weighted by atomic mass is 32.1. The minimum Gasteiger partial charge on any atom is -0.383 e. The maximum atomic E-state index is 12.3. The molecule has 3 rings (SSSR count). The Morgan fingerprint density at radius 3 is 3.20 bits per heavy atom. The van der Waals surface area contributed by atoms with Gasteiger partial charge in [-0.2, -0.15) is 0 Å². The molecule has 1 aliphatic carbocycles. The monoisotopic (exact) mass is 288 g/mol. The molecule has 1 atom stereocenters. The van der Waals surface area contributed by atoms with Crippen molar-refractivity contribution < 1.29 is 9.59 Å². The maximum Gasteiger partial charge on any atom is 0.257 e. The number of amides is 1. The van der Waals surface area contributed by atoms with E-state index in [1.165, 1.54) is 0 Å². The molecule has 1 aliphatic heterocycles. The van der Waals surface area contributed by atoms with E-state index in [1.54, 1.807) is 17.5 Å². The van der Waals surface area contributed by atoms with Crippen LogP contribution in [0.5, 0.6) is 0 Å². The predicted octanol–water partition coefficient (Wildman–Crippen LogP) is 1.90. The van der Waals surface area contributed by atoms with E-state index in [0.29, 0.717) is 6.54 Å². The second-order valence-corrected chi connectivity index (χ2v) is 5.99. The van der Waals surface area contributed by atoms with Gasteiger partial charge in [0.15, 0.2) is 5.78 Å². The van der Waals surface area contributed by atoms with Crippen molar-refractivity contribution >= 4 is 23.0 Å². The highest BCUT2D eigenvalue weighted by molar-refractivity contribution is 7.09. The number of carbonyl (C=O) groups is 2. The Labute approximate surface area is 121 Å². The molecule has 1 aromatic heterocycles. The Morgan fingerprint density at radius 2 is 2.40 bits per heavy atom. The van der Waals surface area contributed by atoms with Crippen molar-refractivity contribution in [3.8, 4) is 0 Å². The van der Waals surface area contributed by atoms with Crippen molar-refractivity contribution in [2.45, 2.75) is 31.8 Å². The number of hydrogen-bond acceptors (Lipinski definition) is 4. The number of thiophene rings is 1. The molecule has 1 amide bonds. The lowest BCUT2D eigenvalue weighted by Gasteiger charge is -2.28. The molecule has 0 spiro atoms.